The molecule has 1 aliphatic heterocycles. The zero-order valence-electron chi connectivity index (χ0n) is 7.08. The maximum Gasteiger partial charge on any atom is 0.432 e. The highest BCUT2D eigenvalue weighted by atomic mass is 16.6. The van der Waals surface area contributed by atoms with Gasteiger partial charge in [-0.15, -0.1) is 0 Å². The van der Waals surface area contributed by atoms with Crippen LogP contribution in [0.25, 0.3) is 0 Å². The lowest BCUT2D eigenvalue weighted by Gasteiger charge is -2.09. The van der Waals surface area contributed by atoms with E-state index in [0.717, 1.165) is 0 Å². The largest absolute Gasteiger partial charge is 0.486 e. The van der Waals surface area contributed by atoms with E-state index in [0.29, 0.717) is 5.69 Å². The van der Waals surface area contributed by atoms with E-state index in [1.165, 1.54) is 12.5 Å². The molecule has 0 fully saturated rings. The van der Waals surface area contributed by atoms with E-state index >= 15 is 0 Å². The second-order valence-electron chi connectivity index (χ2n) is 2.68. The summed E-state index contributed by atoms with van der Waals surface area (Å²) >= 11 is 0. The van der Waals surface area contributed by atoms with Crippen molar-refractivity contribution in [2.24, 2.45) is 0 Å². The number of aromatic amines is 1. The molecule has 0 saturated carbocycles. The molecule has 2 heterocycles. The van der Waals surface area contributed by atoms with Gasteiger partial charge in [0.25, 0.3) is 0 Å². The van der Waals surface area contributed by atoms with Crippen LogP contribution in [0, 0.1) is 10.1 Å². The lowest BCUT2D eigenvalue weighted by atomic mass is 10.2. The lowest BCUT2D eigenvalue weighted by Crippen LogP contribution is -2.00. The number of hydrogen-bond acceptors (Lipinski definition) is 4. The summed E-state index contributed by atoms with van der Waals surface area (Å²) in [5.41, 5.74) is 0.498. The second-order valence-corrected chi connectivity index (χ2v) is 2.68. The smallest absolute Gasteiger partial charge is 0.432 e. The fourth-order valence-electron chi connectivity index (χ4n) is 1.12. The van der Waals surface area contributed by atoms with Crippen molar-refractivity contribution in [2.75, 3.05) is 0 Å². The lowest BCUT2D eigenvalue weighted by molar-refractivity contribution is -0.393. The third kappa shape index (κ3) is 1.49. The molecule has 0 saturated heterocycles. The van der Waals surface area contributed by atoms with Gasteiger partial charge in [0.15, 0.2) is 11.8 Å². The molecule has 6 nitrogen and oxygen atoms in total. The molecule has 0 amide bonds. The van der Waals surface area contributed by atoms with Gasteiger partial charge in [0.05, 0.1) is 6.26 Å². The Balaban J connectivity index is 2.20. The third-order valence-corrected chi connectivity index (χ3v) is 1.75. The van der Waals surface area contributed by atoms with Gasteiger partial charge in [-0.2, -0.15) is 0 Å². The van der Waals surface area contributed by atoms with Gasteiger partial charge in [0.2, 0.25) is 0 Å². The number of hydrogen-bond donors (Lipinski definition) is 1. The highest BCUT2D eigenvalue weighted by molar-refractivity contribution is 5.20. The zero-order valence-corrected chi connectivity index (χ0v) is 7.08. The number of allylic oxidation sites excluding steroid dienone is 2. The topological polar surface area (TPSA) is 81.1 Å². The molecule has 0 spiro atoms. The van der Waals surface area contributed by atoms with E-state index in [2.05, 4.69) is 9.97 Å². The minimum absolute atomic E-state index is 0.272. The van der Waals surface area contributed by atoms with Gasteiger partial charge < -0.3 is 14.9 Å². The van der Waals surface area contributed by atoms with E-state index in [1.54, 1.807) is 18.2 Å². The van der Waals surface area contributed by atoms with Gasteiger partial charge in [-0.25, -0.2) is 4.98 Å². The number of nitro groups is 1. The van der Waals surface area contributed by atoms with Crippen molar-refractivity contribution >= 4 is 5.95 Å². The van der Waals surface area contributed by atoms with Crippen molar-refractivity contribution < 1.29 is 9.66 Å². The number of imidazole rings is 1. The molecule has 1 aromatic heterocycles. The van der Waals surface area contributed by atoms with Crippen LogP contribution in [0.5, 0.6) is 0 Å². The molecular weight excluding hydrogens is 186 g/mol. The maximum atomic E-state index is 10.3. The van der Waals surface area contributed by atoms with Crippen LogP contribution in [0.1, 0.15) is 11.8 Å². The summed E-state index contributed by atoms with van der Waals surface area (Å²) < 4.78 is 5.18. The molecule has 0 radical (unpaired) electrons. The van der Waals surface area contributed by atoms with E-state index in [9.17, 15) is 10.1 Å². The van der Waals surface area contributed by atoms with Crippen LogP contribution >= 0.6 is 0 Å². The summed E-state index contributed by atoms with van der Waals surface area (Å²) in [6.45, 7) is 0. The Labute approximate surface area is 79.1 Å². The predicted octanol–water partition coefficient (Wildman–Crippen LogP) is 1.46. The first-order valence-electron chi connectivity index (χ1n) is 3.96. The first-order chi connectivity index (χ1) is 6.77. The summed E-state index contributed by atoms with van der Waals surface area (Å²) in [7, 11) is 0. The van der Waals surface area contributed by atoms with Crippen molar-refractivity contribution in [1.29, 1.82) is 0 Å². The SMILES string of the molecule is O=[N+]([O-])c1nc(C2C=CC=CO2)c[nH]1. The zero-order chi connectivity index (χ0) is 9.97. The molecule has 72 valence electrons. The van der Waals surface area contributed by atoms with Crippen molar-refractivity contribution in [3.8, 4) is 0 Å². The molecule has 14 heavy (non-hydrogen) atoms. The predicted molar refractivity (Wildman–Crippen MR) is 47.3 cm³/mol. The molecule has 1 aliphatic rings. The number of H-pyrrole nitrogens is 1. The number of nitrogens with zero attached hydrogens (tertiary/aromatic N) is 2. The maximum absolute atomic E-state index is 10.3. The van der Waals surface area contributed by atoms with Crippen LogP contribution in [-0.2, 0) is 4.74 Å². The van der Waals surface area contributed by atoms with Crippen LogP contribution < -0.4 is 0 Å². The molecule has 0 aromatic carbocycles. The standard InChI is InChI=1S/C8H7N3O3/c12-11(13)8-9-5-6(10-8)7-3-1-2-4-14-7/h1-5,7H,(H,9,10). The Kier molecular flexibility index (Phi) is 2.02. The molecule has 1 atom stereocenters. The van der Waals surface area contributed by atoms with Crippen molar-refractivity contribution in [3.05, 3.63) is 46.5 Å². The Hall–Kier alpha value is -2.11. The molecule has 1 unspecified atom stereocenters. The Bertz CT molecular complexity index is 408. The summed E-state index contributed by atoms with van der Waals surface area (Å²) in [6.07, 6.45) is 7.94. The fourth-order valence-corrected chi connectivity index (χ4v) is 1.12. The highest BCUT2D eigenvalue weighted by Gasteiger charge is 2.20. The summed E-state index contributed by atoms with van der Waals surface area (Å²) in [5, 5.41) is 10.3. The Morgan fingerprint density at radius 1 is 1.57 bits per heavy atom. The highest BCUT2D eigenvalue weighted by Crippen LogP contribution is 2.21. The summed E-state index contributed by atoms with van der Waals surface area (Å²) in [5.74, 6) is -0.272. The van der Waals surface area contributed by atoms with E-state index in [-0.39, 0.29) is 12.1 Å². The molecule has 0 aliphatic carbocycles. The van der Waals surface area contributed by atoms with Crippen LogP contribution in [0.4, 0.5) is 5.95 Å². The van der Waals surface area contributed by atoms with Gasteiger partial charge in [0, 0.05) is 0 Å². The molecular formula is C8H7N3O3. The van der Waals surface area contributed by atoms with Crippen LogP contribution in [0.2, 0.25) is 0 Å². The molecule has 1 N–H and O–H groups in total. The second kappa shape index (κ2) is 3.33. The number of nitrogens with one attached hydrogen (secondary N) is 1. The summed E-state index contributed by atoms with van der Waals surface area (Å²) in [4.78, 5) is 16.0. The minimum atomic E-state index is -0.577. The molecule has 0 bridgehead atoms. The van der Waals surface area contributed by atoms with Crippen LogP contribution in [0.3, 0.4) is 0 Å². The van der Waals surface area contributed by atoms with Crippen LogP contribution in [-0.4, -0.2) is 14.9 Å². The van der Waals surface area contributed by atoms with Gasteiger partial charge >= 0.3 is 5.95 Å². The monoisotopic (exact) mass is 193 g/mol. The first-order valence-corrected chi connectivity index (χ1v) is 3.96. The van der Waals surface area contributed by atoms with Gasteiger partial charge in [-0.1, -0.05) is 11.1 Å². The van der Waals surface area contributed by atoms with E-state index in [1.807, 2.05) is 0 Å². The number of aromatic nitrogens is 2. The normalized spacial score (nSPS) is 19.3. The van der Waals surface area contributed by atoms with Crippen molar-refractivity contribution in [3.63, 3.8) is 0 Å². The fraction of sp³-hybridized carbons (Fsp3) is 0.125. The first kappa shape index (κ1) is 8.49. The minimum Gasteiger partial charge on any atom is -0.486 e. The third-order valence-electron chi connectivity index (χ3n) is 1.75. The quantitative estimate of drug-likeness (QED) is 0.569. The van der Waals surface area contributed by atoms with Crippen LogP contribution in [0.15, 0.2) is 30.7 Å². The van der Waals surface area contributed by atoms with Gasteiger partial charge in [-0.3, -0.25) is 0 Å². The van der Waals surface area contributed by atoms with Gasteiger partial charge in [0.1, 0.15) is 6.20 Å². The Morgan fingerprint density at radius 3 is 3.00 bits per heavy atom. The molecule has 6 heteroatoms. The van der Waals surface area contributed by atoms with Crippen molar-refractivity contribution in [2.45, 2.75) is 6.10 Å². The van der Waals surface area contributed by atoms with E-state index < -0.39 is 4.92 Å². The summed E-state index contributed by atoms with van der Waals surface area (Å²) in [6, 6.07) is 0. The number of rotatable bonds is 2. The van der Waals surface area contributed by atoms with Gasteiger partial charge in [-0.05, 0) is 17.1 Å². The molecule has 2 rings (SSSR count). The van der Waals surface area contributed by atoms with Crippen molar-refractivity contribution in [1.82, 2.24) is 9.97 Å². The number of ether oxygens (including phenoxy) is 1. The Morgan fingerprint density at radius 2 is 2.43 bits per heavy atom. The average molecular weight is 193 g/mol. The average Bonchev–Trinajstić information content (AvgIpc) is 2.68. The molecule has 1 aromatic rings. The van der Waals surface area contributed by atoms with E-state index in [4.69, 9.17) is 4.74 Å².